The number of nitrogens with two attached hydrogens (primary N) is 1. The molecule has 94 valence electrons. The van der Waals surface area contributed by atoms with Gasteiger partial charge in [0.1, 0.15) is 0 Å². The number of amides is 1. The number of nitrogens with one attached hydrogen (secondary N) is 1. The van der Waals surface area contributed by atoms with Crippen molar-refractivity contribution in [2.75, 3.05) is 13.7 Å². The number of rotatable bonds is 5. The van der Waals surface area contributed by atoms with E-state index in [0.717, 1.165) is 32.2 Å². The minimum atomic E-state index is -0.174. The lowest BCUT2D eigenvalue weighted by atomic mass is 9.85. The Bertz CT molecular complexity index is 241. The van der Waals surface area contributed by atoms with Gasteiger partial charge in [-0.05, 0) is 46.1 Å². The Morgan fingerprint density at radius 3 is 2.81 bits per heavy atom. The van der Waals surface area contributed by atoms with Crippen LogP contribution in [0.5, 0.6) is 0 Å². The van der Waals surface area contributed by atoms with Crippen molar-refractivity contribution in [1.82, 2.24) is 5.32 Å². The molecule has 0 aromatic rings. The average molecular weight is 228 g/mol. The number of carbonyl (C=O) groups excluding carboxylic acids is 1. The Labute approximate surface area is 97.9 Å². The van der Waals surface area contributed by atoms with E-state index < -0.39 is 0 Å². The Hall–Kier alpha value is -0.610. The molecule has 1 heterocycles. The van der Waals surface area contributed by atoms with E-state index in [9.17, 15) is 4.79 Å². The topological polar surface area (TPSA) is 64.3 Å². The molecule has 1 aliphatic heterocycles. The summed E-state index contributed by atoms with van der Waals surface area (Å²) in [6.45, 7) is 5.12. The second kappa shape index (κ2) is 5.64. The van der Waals surface area contributed by atoms with E-state index in [1.807, 2.05) is 0 Å². The minimum Gasteiger partial charge on any atom is -0.379 e. The van der Waals surface area contributed by atoms with Crippen LogP contribution in [0.1, 0.15) is 39.5 Å². The van der Waals surface area contributed by atoms with Gasteiger partial charge in [0.05, 0.1) is 11.5 Å². The normalized spacial score (nSPS) is 26.7. The maximum atomic E-state index is 11.3. The second-order valence-corrected chi connectivity index (χ2v) is 5.21. The summed E-state index contributed by atoms with van der Waals surface area (Å²) in [6, 6.07) is 0.223. The van der Waals surface area contributed by atoms with Crippen LogP contribution in [0, 0.1) is 5.92 Å². The maximum Gasteiger partial charge on any atom is 0.222 e. The van der Waals surface area contributed by atoms with Crippen molar-refractivity contribution in [3.63, 3.8) is 0 Å². The molecule has 0 spiro atoms. The highest BCUT2D eigenvalue weighted by Crippen LogP contribution is 2.24. The molecule has 1 rings (SSSR count). The van der Waals surface area contributed by atoms with Gasteiger partial charge in [-0.25, -0.2) is 0 Å². The monoisotopic (exact) mass is 228 g/mol. The van der Waals surface area contributed by atoms with Gasteiger partial charge in [0.15, 0.2) is 0 Å². The van der Waals surface area contributed by atoms with E-state index in [1.54, 1.807) is 7.11 Å². The van der Waals surface area contributed by atoms with Crippen LogP contribution in [-0.2, 0) is 9.53 Å². The van der Waals surface area contributed by atoms with Crippen LogP contribution >= 0.6 is 0 Å². The third-order valence-corrected chi connectivity index (χ3v) is 3.56. The van der Waals surface area contributed by atoms with Crippen LogP contribution in [0.4, 0.5) is 0 Å². The number of piperidine rings is 1. The molecule has 1 fully saturated rings. The van der Waals surface area contributed by atoms with Gasteiger partial charge in [-0.15, -0.1) is 0 Å². The van der Waals surface area contributed by atoms with Gasteiger partial charge in [-0.2, -0.15) is 0 Å². The molecule has 0 saturated carbocycles. The zero-order valence-electron chi connectivity index (χ0n) is 10.6. The first kappa shape index (κ1) is 13.5. The molecule has 4 nitrogen and oxygen atoms in total. The zero-order valence-corrected chi connectivity index (χ0v) is 10.6. The number of methoxy groups -OCH3 is 1. The Morgan fingerprint density at radius 2 is 2.25 bits per heavy atom. The van der Waals surface area contributed by atoms with Crippen molar-refractivity contribution in [2.45, 2.75) is 51.2 Å². The van der Waals surface area contributed by atoms with Gasteiger partial charge < -0.3 is 15.8 Å². The van der Waals surface area contributed by atoms with Crippen molar-refractivity contribution in [2.24, 2.45) is 11.7 Å². The highest BCUT2D eigenvalue weighted by Gasteiger charge is 2.30. The van der Waals surface area contributed by atoms with Gasteiger partial charge in [-0.1, -0.05) is 0 Å². The number of primary amides is 1. The summed E-state index contributed by atoms with van der Waals surface area (Å²) in [6.07, 6.45) is 3.83. The Morgan fingerprint density at radius 1 is 1.56 bits per heavy atom. The molecule has 0 aromatic carbocycles. The lowest BCUT2D eigenvalue weighted by Crippen LogP contribution is -2.47. The second-order valence-electron chi connectivity index (χ2n) is 5.21. The van der Waals surface area contributed by atoms with Gasteiger partial charge in [0, 0.05) is 13.2 Å². The van der Waals surface area contributed by atoms with E-state index >= 15 is 0 Å². The zero-order chi connectivity index (χ0) is 12.2. The summed E-state index contributed by atoms with van der Waals surface area (Å²) in [5.74, 6) is -0.186. The van der Waals surface area contributed by atoms with Gasteiger partial charge >= 0.3 is 0 Å². The molecule has 2 unspecified atom stereocenters. The van der Waals surface area contributed by atoms with Crippen LogP contribution in [0.3, 0.4) is 0 Å². The highest BCUT2D eigenvalue weighted by atomic mass is 16.5. The fourth-order valence-corrected chi connectivity index (χ4v) is 2.20. The van der Waals surface area contributed by atoms with Crippen molar-refractivity contribution < 1.29 is 9.53 Å². The largest absolute Gasteiger partial charge is 0.379 e. The molecular weight excluding hydrogens is 204 g/mol. The lowest BCUT2D eigenvalue weighted by Gasteiger charge is -2.33. The highest BCUT2D eigenvalue weighted by molar-refractivity contribution is 5.77. The van der Waals surface area contributed by atoms with Crippen LogP contribution < -0.4 is 11.1 Å². The molecule has 0 aliphatic carbocycles. The maximum absolute atomic E-state index is 11.3. The van der Waals surface area contributed by atoms with E-state index in [1.165, 1.54) is 0 Å². The molecule has 1 aliphatic rings. The first-order valence-electron chi connectivity index (χ1n) is 6.04. The predicted octanol–water partition coefficient (Wildman–Crippen LogP) is 1.05. The van der Waals surface area contributed by atoms with Crippen LogP contribution in [-0.4, -0.2) is 31.2 Å². The number of hydrogen-bond donors (Lipinski definition) is 2. The number of carbonyl (C=O) groups is 1. The van der Waals surface area contributed by atoms with Gasteiger partial charge in [-0.3, -0.25) is 4.79 Å². The summed E-state index contributed by atoms with van der Waals surface area (Å²) in [5.41, 5.74) is 5.30. The predicted molar refractivity (Wildman–Crippen MR) is 64.0 cm³/mol. The third-order valence-electron chi connectivity index (χ3n) is 3.56. The summed E-state index contributed by atoms with van der Waals surface area (Å²) in [4.78, 5) is 11.3. The summed E-state index contributed by atoms with van der Waals surface area (Å²) < 4.78 is 5.38. The van der Waals surface area contributed by atoms with E-state index in [0.29, 0.717) is 0 Å². The molecule has 0 bridgehead atoms. The van der Waals surface area contributed by atoms with Crippen molar-refractivity contribution in [3.8, 4) is 0 Å². The van der Waals surface area contributed by atoms with Crippen LogP contribution in [0.15, 0.2) is 0 Å². The summed E-state index contributed by atoms with van der Waals surface area (Å²) in [7, 11) is 1.72. The minimum absolute atomic E-state index is 0.0126. The van der Waals surface area contributed by atoms with Crippen LogP contribution in [0.25, 0.3) is 0 Å². The van der Waals surface area contributed by atoms with Gasteiger partial charge in [0.2, 0.25) is 5.91 Å². The van der Waals surface area contributed by atoms with E-state index in [-0.39, 0.29) is 23.5 Å². The fraction of sp³-hybridized carbons (Fsp3) is 0.917. The van der Waals surface area contributed by atoms with E-state index in [4.69, 9.17) is 10.5 Å². The first-order valence-corrected chi connectivity index (χ1v) is 6.04. The molecule has 1 amide bonds. The SMILES string of the molecule is COC(C)(C)CCC1NCCCC1C(N)=O. The lowest BCUT2D eigenvalue weighted by molar-refractivity contribution is -0.123. The third kappa shape index (κ3) is 3.76. The number of ether oxygens (including phenoxy) is 1. The average Bonchev–Trinajstić information content (AvgIpc) is 2.27. The molecule has 16 heavy (non-hydrogen) atoms. The Balaban J connectivity index is 2.47. The molecule has 0 radical (unpaired) electrons. The standard InChI is InChI=1S/C12H24N2O2/c1-12(2,16-3)7-6-10-9(11(13)15)5-4-8-14-10/h9-10,14H,4-8H2,1-3H3,(H2,13,15). The molecule has 3 N–H and O–H groups in total. The molecule has 4 heteroatoms. The molecular formula is C12H24N2O2. The van der Waals surface area contributed by atoms with Crippen molar-refractivity contribution in [1.29, 1.82) is 0 Å². The van der Waals surface area contributed by atoms with Crippen molar-refractivity contribution >= 4 is 5.91 Å². The summed E-state index contributed by atoms with van der Waals surface area (Å²) in [5, 5.41) is 3.39. The molecule has 1 saturated heterocycles. The Kier molecular flexibility index (Phi) is 4.74. The fourth-order valence-electron chi connectivity index (χ4n) is 2.20. The molecule has 2 atom stereocenters. The van der Waals surface area contributed by atoms with Crippen LogP contribution in [0.2, 0.25) is 0 Å². The number of hydrogen-bond acceptors (Lipinski definition) is 3. The van der Waals surface area contributed by atoms with E-state index in [2.05, 4.69) is 19.2 Å². The first-order chi connectivity index (χ1) is 7.46. The van der Waals surface area contributed by atoms with Gasteiger partial charge in [0.25, 0.3) is 0 Å². The van der Waals surface area contributed by atoms with Crippen molar-refractivity contribution in [3.05, 3.63) is 0 Å². The molecule has 0 aromatic heterocycles. The summed E-state index contributed by atoms with van der Waals surface area (Å²) >= 11 is 0. The smallest absolute Gasteiger partial charge is 0.222 e. The quantitative estimate of drug-likeness (QED) is 0.739.